The van der Waals surface area contributed by atoms with Gasteiger partial charge in [0.05, 0.1) is 23.5 Å². The van der Waals surface area contributed by atoms with Crippen molar-refractivity contribution in [2.24, 2.45) is 5.92 Å². The molecule has 1 aliphatic heterocycles. The third-order valence-corrected chi connectivity index (χ3v) is 4.05. The number of aliphatic carboxylic acids is 1. The third kappa shape index (κ3) is 2.49. The van der Waals surface area contributed by atoms with Gasteiger partial charge in [0.2, 0.25) is 5.91 Å². The molecule has 1 aliphatic rings. The highest BCUT2D eigenvalue weighted by Crippen LogP contribution is 2.22. The summed E-state index contributed by atoms with van der Waals surface area (Å²) in [5.41, 5.74) is 4.16. The van der Waals surface area contributed by atoms with Crippen molar-refractivity contribution in [1.29, 1.82) is 0 Å². The SMILES string of the molecule is Cc1cc2nc(CN3CC(C(=O)O)CC3=O)[nH]c2cc1C. The van der Waals surface area contributed by atoms with E-state index in [0.717, 1.165) is 11.0 Å². The van der Waals surface area contributed by atoms with Gasteiger partial charge < -0.3 is 15.0 Å². The average Bonchev–Trinajstić information content (AvgIpc) is 2.95. The van der Waals surface area contributed by atoms with Crippen molar-refractivity contribution in [2.75, 3.05) is 6.54 Å². The first-order chi connectivity index (χ1) is 9.94. The Hall–Kier alpha value is -2.37. The first-order valence-electron chi connectivity index (χ1n) is 6.90. The first-order valence-corrected chi connectivity index (χ1v) is 6.90. The second-order valence-corrected chi connectivity index (χ2v) is 5.65. The number of nitrogens with zero attached hydrogens (tertiary/aromatic N) is 2. The number of hydrogen-bond donors (Lipinski definition) is 2. The Labute approximate surface area is 121 Å². The van der Waals surface area contributed by atoms with Gasteiger partial charge in [-0.3, -0.25) is 9.59 Å². The standard InChI is InChI=1S/C15H17N3O3/c1-8-3-11-12(4-9(8)2)17-13(16-11)7-18-6-10(15(20)21)5-14(18)19/h3-4,10H,5-7H2,1-2H3,(H,16,17)(H,20,21). The Morgan fingerprint density at radius 1 is 1.43 bits per heavy atom. The average molecular weight is 287 g/mol. The van der Waals surface area contributed by atoms with Crippen molar-refractivity contribution >= 4 is 22.9 Å². The highest BCUT2D eigenvalue weighted by atomic mass is 16.4. The fourth-order valence-corrected chi connectivity index (χ4v) is 2.67. The fourth-order valence-electron chi connectivity index (χ4n) is 2.67. The van der Waals surface area contributed by atoms with Crippen molar-refractivity contribution in [3.8, 4) is 0 Å². The third-order valence-electron chi connectivity index (χ3n) is 4.05. The summed E-state index contributed by atoms with van der Waals surface area (Å²) < 4.78 is 0. The van der Waals surface area contributed by atoms with E-state index in [2.05, 4.69) is 9.97 Å². The van der Waals surface area contributed by atoms with Gasteiger partial charge in [-0.25, -0.2) is 4.98 Å². The minimum absolute atomic E-state index is 0.0772. The van der Waals surface area contributed by atoms with Gasteiger partial charge in [-0.05, 0) is 37.1 Å². The zero-order valence-corrected chi connectivity index (χ0v) is 12.0. The lowest BCUT2D eigenvalue weighted by atomic mass is 10.1. The summed E-state index contributed by atoms with van der Waals surface area (Å²) in [7, 11) is 0. The van der Waals surface area contributed by atoms with Crippen LogP contribution >= 0.6 is 0 Å². The summed E-state index contributed by atoms with van der Waals surface area (Å²) in [6.07, 6.45) is 0.0772. The molecule has 6 nitrogen and oxygen atoms in total. The largest absolute Gasteiger partial charge is 0.481 e. The maximum absolute atomic E-state index is 11.8. The number of nitrogens with one attached hydrogen (secondary N) is 1. The number of benzene rings is 1. The lowest BCUT2D eigenvalue weighted by Gasteiger charge is -2.13. The number of likely N-dealkylation sites (tertiary alicyclic amines) is 1. The number of imidazole rings is 1. The molecular weight excluding hydrogens is 270 g/mol. The minimum Gasteiger partial charge on any atom is -0.481 e. The molecule has 110 valence electrons. The monoisotopic (exact) mass is 287 g/mol. The van der Waals surface area contributed by atoms with E-state index >= 15 is 0 Å². The van der Waals surface area contributed by atoms with Crippen molar-refractivity contribution in [1.82, 2.24) is 14.9 Å². The van der Waals surface area contributed by atoms with Crippen LogP contribution in [0.1, 0.15) is 23.4 Å². The minimum atomic E-state index is -0.915. The normalized spacial score (nSPS) is 18.7. The molecule has 1 fully saturated rings. The second kappa shape index (κ2) is 4.87. The number of amides is 1. The Bertz CT molecular complexity index is 696. The van der Waals surface area contributed by atoms with Crippen molar-refractivity contribution in [2.45, 2.75) is 26.8 Å². The van der Waals surface area contributed by atoms with Crippen LogP contribution in [0.3, 0.4) is 0 Å². The van der Waals surface area contributed by atoms with Gasteiger partial charge in [0.15, 0.2) is 0 Å². The Balaban J connectivity index is 1.82. The maximum atomic E-state index is 11.8. The van der Waals surface area contributed by atoms with Crippen LogP contribution in [-0.4, -0.2) is 38.4 Å². The molecule has 1 atom stereocenters. The predicted octanol–water partition coefficient (Wildman–Crippen LogP) is 1.61. The van der Waals surface area contributed by atoms with Crippen molar-refractivity contribution < 1.29 is 14.7 Å². The van der Waals surface area contributed by atoms with E-state index < -0.39 is 11.9 Å². The van der Waals surface area contributed by atoms with Crippen LogP contribution in [0.25, 0.3) is 11.0 Å². The Kier molecular flexibility index (Phi) is 3.16. The quantitative estimate of drug-likeness (QED) is 0.898. The number of rotatable bonds is 3. The molecule has 1 aromatic heterocycles. The molecule has 0 saturated carbocycles. The van der Waals surface area contributed by atoms with E-state index in [1.54, 1.807) is 4.90 Å². The fraction of sp³-hybridized carbons (Fsp3) is 0.400. The predicted molar refractivity (Wildman–Crippen MR) is 76.7 cm³/mol. The van der Waals surface area contributed by atoms with Gasteiger partial charge in [0, 0.05) is 13.0 Å². The van der Waals surface area contributed by atoms with E-state index in [-0.39, 0.29) is 18.9 Å². The van der Waals surface area contributed by atoms with Gasteiger partial charge in [-0.1, -0.05) is 0 Å². The molecule has 0 spiro atoms. The Morgan fingerprint density at radius 3 is 2.81 bits per heavy atom. The molecule has 1 unspecified atom stereocenters. The van der Waals surface area contributed by atoms with E-state index in [1.807, 2.05) is 26.0 Å². The number of carboxylic acids is 1. The summed E-state index contributed by atoms with van der Waals surface area (Å²) in [5.74, 6) is -0.960. The number of carboxylic acid groups (broad SMARTS) is 1. The topological polar surface area (TPSA) is 86.3 Å². The zero-order valence-electron chi connectivity index (χ0n) is 12.0. The summed E-state index contributed by atoms with van der Waals surface area (Å²) in [4.78, 5) is 32.0. The molecule has 2 N–H and O–H groups in total. The molecule has 1 amide bonds. The van der Waals surface area contributed by atoms with E-state index in [1.165, 1.54) is 11.1 Å². The van der Waals surface area contributed by atoms with E-state index in [0.29, 0.717) is 12.4 Å². The van der Waals surface area contributed by atoms with Crippen LogP contribution in [0.4, 0.5) is 0 Å². The summed E-state index contributed by atoms with van der Waals surface area (Å²) in [5, 5.41) is 8.99. The number of fused-ring (bicyclic) bond motifs is 1. The number of carbonyl (C=O) groups excluding carboxylic acids is 1. The number of H-pyrrole nitrogens is 1. The molecule has 3 rings (SSSR count). The first kappa shape index (κ1) is 13.6. The van der Waals surface area contributed by atoms with Gasteiger partial charge in [-0.15, -0.1) is 0 Å². The number of aromatic nitrogens is 2. The van der Waals surface area contributed by atoms with Gasteiger partial charge in [0.25, 0.3) is 0 Å². The number of carbonyl (C=O) groups is 2. The van der Waals surface area contributed by atoms with E-state index in [9.17, 15) is 9.59 Å². The van der Waals surface area contributed by atoms with Crippen molar-refractivity contribution in [3.63, 3.8) is 0 Å². The van der Waals surface area contributed by atoms with Crippen molar-refractivity contribution in [3.05, 3.63) is 29.1 Å². The number of aryl methyl sites for hydroxylation is 2. The highest BCUT2D eigenvalue weighted by molar-refractivity contribution is 5.86. The van der Waals surface area contributed by atoms with Crippen LogP contribution in [0.15, 0.2) is 12.1 Å². The zero-order chi connectivity index (χ0) is 15.1. The van der Waals surface area contributed by atoms with Gasteiger partial charge in [-0.2, -0.15) is 0 Å². The van der Waals surface area contributed by atoms with Gasteiger partial charge >= 0.3 is 5.97 Å². The highest BCUT2D eigenvalue weighted by Gasteiger charge is 2.34. The number of aromatic amines is 1. The molecule has 2 aromatic rings. The molecular formula is C15H17N3O3. The summed E-state index contributed by atoms with van der Waals surface area (Å²) in [6.45, 7) is 4.65. The molecule has 2 heterocycles. The lowest BCUT2D eigenvalue weighted by molar-refractivity contribution is -0.141. The van der Waals surface area contributed by atoms with Crippen LogP contribution in [0.5, 0.6) is 0 Å². The summed E-state index contributed by atoms with van der Waals surface area (Å²) >= 11 is 0. The molecule has 6 heteroatoms. The number of hydrogen-bond acceptors (Lipinski definition) is 3. The van der Waals surface area contributed by atoms with Crippen LogP contribution in [-0.2, 0) is 16.1 Å². The van der Waals surface area contributed by atoms with Crippen LogP contribution in [0.2, 0.25) is 0 Å². The van der Waals surface area contributed by atoms with Gasteiger partial charge in [0.1, 0.15) is 5.82 Å². The Morgan fingerprint density at radius 2 is 2.14 bits per heavy atom. The molecule has 0 radical (unpaired) electrons. The smallest absolute Gasteiger partial charge is 0.308 e. The molecule has 1 aromatic carbocycles. The molecule has 0 aliphatic carbocycles. The lowest BCUT2D eigenvalue weighted by Crippen LogP contribution is -2.26. The van der Waals surface area contributed by atoms with Crippen LogP contribution in [0, 0.1) is 19.8 Å². The molecule has 1 saturated heterocycles. The second-order valence-electron chi connectivity index (χ2n) is 5.65. The summed E-state index contributed by atoms with van der Waals surface area (Å²) in [6, 6.07) is 4.05. The maximum Gasteiger partial charge on any atom is 0.308 e. The van der Waals surface area contributed by atoms with E-state index in [4.69, 9.17) is 5.11 Å². The van der Waals surface area contributed by atoms with Crippen LogP contribution < -0.4 is 0 Å². The molecule has 21 heavy (non-hydrogen) atoms. The molecule has 0 bridgehead atoms.